The molecule has 0 N–H and O–H groups in total. The van der Waals surface area contributed by atoms with Gasteiger partial charge in [0.1, 0.15) is 11.2 Å². The molecule has 0 amide bonds. The van der Waals surface area contributed by atoms with E-state index in [2.05, 4.69) is 15.5 Å². The molecule has 2 heterocycles. The number of hydrogen-bond acceptors (Lipinski definition) is 4. The molecule has 0 spiro atoms. The third kappa shape index (κ3) is 1.31. The van der Waals surface area contributed by atoms with Gasteiger partial charge in [0, 0.05) is 10.8 Å². The largest absolute Gasteiger partial charge is 0.211 e. The van der Waals surface area contributed by atoms with Gasteiger partial charge in [-0.05, 0) is 30.3 Å². The maximum absolute atomic E-state index is 11.3. The van der Waals surface area contributed by atoms with Gasteiger partial charge in [-0.25, -0.2) is 4.52 Å². The smallest absolute Gasteiger partial charge is 0.143 e. The van der Waals surface area contributed by atoms with Gasteiger partial charge in [0.15, 0.2) is 0 Å². The SMILES string of the molecule is Cc1ccc2nnn3c4ccccc4c(N=O)c3c2c1. The highest BCUT2D eigenvalue weighted by atomic mass is 16.3. The first-order chi connectivity index (χ1) is 9.79. The van der Waals surface area contributed by atoms with E-state index in [1.807, 2.05) is 49.4 Å². The maximum atomic E-state index is 11.3. The van der Waals surface area contributed by atoms with Gasteiger partial charge in [0.25, 0.3) is 0 Å². The van der Waals surface area contributed by atoms with Crippen molar-refractivity contribution >= 4 is 33.0 Å². The Bertz CT molecular complexity index is 987. The van der Waals surface area contributed by atoms with Crippen molar-refractivity contribution in [1.82, 2.24) is 14.8 Å². The lowest BCUT2D eigenvalue weighted by Gasteiger charge is -2.01. The fraction of sp³-hybridized carbons (Fsp3) is 0.0667. The molecule has 5 nitrogen and oxygen atoms in total. The lowest BCUT2D eigenvalue weighted by atomic mass is 10.1. The second-order valence-electron chi connectivity index (χ2n) is 4.83. The molecule has 5 heteroatoms. The summed E-state index contributed by atoms with van der Waals surface area (Å²) < 4.78 is 1.69. The summed E-state index contributed by atoms with van der Waals surface area (Å²) in [5.41, 5.74) is 3.85. The third-order valence-electron chi connectivity index (χ3n) is 3.56. The van der Waals surface area contributed by atoms with Gasteiger partial charge in [-0.2, -0.15) is 0 Å². The molecule has 0 atom stereocenters. The van der Waals surface area contributed by atoms with E-state index >= 15 is 0 Å². The van der Waals surface area contributed by atoms with E-state index in [-0.39, 0.29) is 0 Å². The van der Waals surface area contributed by atoms with Crippen LogP contribution in [0.5, 0.6) is 0 Å². The average molecular weight is 262 g/mol. The number of nitrogens with zero attached hydrogens (tertiary/aromatic N) is 4. The lowest BCUT2D eigenvalue weighted by Crippen LogP contribution is -1.96. The van der Waals surface area contributed by atoms with Crippen molar-refractivity contribution in [3.05, 3.63) is 52.9 Å². The first-order valence-corrected chi connectivity index (χ1v) is 6.29. The number of fused-ring (bicyclic) bond motifs is 5. The molecule has 4 rings (SSSR count). The van der Waals surface area contributed by atoms with E-state index in [1.54, 1.807) is 4.52 Å². The summed E-state index contributed by atoms with van der Waals surface area (Å²) >= 11 is 0. The standard InChI is InChI=1S/C15H10N4O/c1-9-6-7-12-11(8-9)15-14(17-20)10-4-2-3-5-13(10)19(15)18-16-12/h2-8H,1H3. The van der Waals surface area contributed by atoms with Crippen molar-refractivity contribution in [1.29, 1.82) is 0 Å². The van der Waals surface area contributed by atoms with Gasteiger partial charge in [0.2, 0.25) is 0 Å². The molecule has 0 aliphatic heterocycles. The van der Waals surface area contributed by atoms with Gasteiger partial charge >= 0.3 is 0 Å². The first-order valence-electron chi connectivity index (χ1n) is 6.29. The second kappa shape index (κ2) is 3.84. The van der Waals surface area contributed by atoms with Crippen LogP contribution < -0.4 is 0 Å². The van der Waals surface area contributed by atoms with Crippen molar-refractivity contribution in [2.45, 2.75) is 6.92 Å². The zero-order valence-corrected chi connectivity index (χ0v) is 10.7. The van der Waals surface area contributed by atoms with Crippen LogP contribution in [-0.4, -0.2) is 14.8 Å². The highest BCUT2D eigenvalue weighted by Gasteiger charge is 2.16. The summed E-state index contributed by atoms with van der Waals surface area (Å²) in [6.45, 7) is 2.01. The normalized spacial score (nSPS) is 11.4. The van der Waals surface area contributed by atoms with Crippen LogP contribution in [0.25, 0.3) is 27.3 Å². The first kappa shape index (κ1) is 11.0. The minimum Gasteiger partial charge on any atom is -0.211 e. The molecular formula is C15H10N4O. The van der Waals surface area contributed by atoms with Gasteiger partial charge in [0.05, 0.1) is 11.0 Å². The lowest BCUT2D eigenvalue weighted by molar-refractivity contribution is 0.855. The van der Waals surface area contributed by atoms with Crippen molar-refractivity contribution in [3.63, 3.8) is 0 Å². The topological polar surface area (TPSA) is 59.6 Å². The predicted molar refractivity (Wildman–Crippen MR) is 78.2 cm³/mol. The third-order valence-corrected chi connectivity index (χ3v) is 3.56. The molecular weight excluding hydrogens is 252 g/mol. The van der Waals surface area contributed by atoms with Crippen LogP contribution in [-0.2, 0) is 0 Å². The van der Waals surface area contributed by atoms with Crippen LogP contribution in [0, 0.1) is 11.8 Å². The Labute approximate surface area is 113 Å². The summed E-state index contributed by atoms with van der Waals surface area (Å²) in [6, 6.07) is 13.5. The van der Waals surface area contributed by atoms with Crippen LogP contribution in [0.2, 0.25) is 0 Å². The van der Waals surface area contributed by atoms with E-state index in [1.165, 1.54) is 0 Å². The molecule has 0 aliphatic carbocycles. The summed E-state index contributed by atoms with van der Waals surface area (Å²) in [6.07, 6.45) is 0. The molecule has 0 bridgehead atoms. The summed E-state index contributed by atoms with van der Waals surface area (Å²) in [7, 11) is 0. The minimum absolute atomic E-state index is 0.422. The van der Waals surface area contributed by atoms with Crippen molar-refractivity contribution in [2.24, 2.45) is 5.18 Å². The molecule has 2 aromatic carbocycles. The van der Waals surface area contributed by atoms with Gasteiger partial charge < -0.3 is 0 Å². The van der Waals surface area contributed by atoms with Gasteiger partial charge in [-0.3, -0.25) is 0 Å². The minimum atomic E-state index is 0.422. The molecule has 96 valence electrons. The number of para-hydroxylation sites is 1. The van der Waals surface area contributed by atoms with Crippen LogP contribution in [0.15, 0.2) is 47.6 Å². The zero-order valence-electron chi connectivity index (χ0n) is 10.7. The van der Waals surface area contributed by atoms with Crippen molar-refractivity contribution < 1.29 is 0 Å². The van der Waals surface area contributed by atoms with E-state index in [0.29, 0.717) is 5.69 Å². The fourth-order valence-corrected chi connectivity index (χ4v) is 2.65. The summed E-state index contributed by atoms with van der Waals surface area (Å²) in [5, 5.41) is 13.3. The molecule has 0 aliphatic rings. The summed E-state index contributed by atoms with van der Waals surface area (Å²) in [5.74, 6) is 0. The van der Waals surface area contributed by atoms with Gasteiger partial charge in [-0.15, -0.1) is 10.0 Å². The Hall–Kier alpha value is -2.82. The number of aromatic nitrogens is 3. The zero-order chi connectivity index (χ0) is 13.7. The van der Waals surface area contributed by atoms with Gasteiger partial charge in [-0.1, -0.05) is 35.0 Å². The molecule has 2 aromatic heterocycles. The highest BCUT2D eigenvalue weighted by molar-refractivity contribution is 6.10. The highest BCUT2D eigenvalue weighted by Crippen LogP contribution is 2.36. The van der Waals surface area contributed by atoms with Crippen LogP contribution >= 0.6 is 0 Å². The molecule has 0 radical (unpaired) electrons. The number of aryl methyl sites for hydroxylation is 1. The van der Waals surface area contributed by atoms with Crippen molar-refractivity contribution in [2.75, 3.05) is 0 Å². The van der Waals surface area contributed by atoms with Crippen LogP contribution in [0.3, 0.4) is 0 Å². The van der Waals surface area contributed by atoms with E-state index in [9.17, 15) is 4.91 Å². The van der Waals surface area contributed by atoms with Crippen molar-refractivity contribution in [3.8, 4) is 0 Å². The van der Waals surface area contributed by atoms with Crippen LogP contribution in [0.4, 0.5) is 5.69 Å². The fourth-order valence-electron chi connectivity index (χ4n) is 2.65. The molecule has 0 saturated carbocycles. The monoisotopic (exact) mass is 262 g/mol. The van der Waals surface area contributed by atoms with E-state index < -0.39 is 0 Å². The number of rotatable bonds is 1. The number of hydrogen-bond donors (Lipinski definition) is 0. The van der Waals surface area contributed by atoms with Crippen LogP contribution in [0.1, 0.15) is 5.56 Å². The Morgan fingerprint density at radius 2 is 1.95 bits per heavy atom. The molecule has 4 aromatic rings. The average Bonchev–Trinajstić information content (AvgIpc) is 2.81. The van der Waals surface area contributed by atoms with E-state index in [4.69, 9.17) is 0 Å². The quantitative estimate of drug-likeness (QED) is 0.491. The Morgan fingerprint density at radius 3 is 2.80 bits per heavy atom. The Morgan fingerprint density at radius 1 is 1.10 bits per heavy atom. The number of nitroso groups, excluding NO2 is 1. The maximum Gasteiger partial charge on any atom is 0.143 e. The molecule has 0 saturated heterocycles. The number of benzene rings is 2. The molecule has 0 fully saturated rings. The Kier molecular flexibility index (Phi) is 2.12. The summed E-state index contributed by atoms with van der Waals surface area (Å²) in [4.78, 5) is 11.3. The molecule has 20 heavy (non-hydrogen) atoms. The predicted octanol–water partition coefficient (Wildman–Crippen LogP) is 3.74. The Balaban J connectivity index is 2.38. The molecule has 0 unspecified atom stereocenters. The van der Waals surface area contributed by atoms with E-state index in [0.717, 1.165) is 32.9 Å². The second-order valence-corrected chi connectivity index (χ2v) is 4.83.